The van der Waals surface area contributed by atoms with Gasteiger partial charge >= 0.3 is 0 Å². The van der Waals surface area contributed by atoms with Gasteiger partial charge < -0.3 is 20.1 Å². The molecule has 1 aliphatic rings. The van der Waals surface area contributed by atoms with Gasteiger partial charge in [-0.15, -0.1) is 0 Å². The smallest absolute Gasteiger partial charge is 0.160 e. The van der Waals surface area contributed by atoms with Crippen molar-refractivity contribution >= 4 is 0 Å². The Kier molecular flexibility index (Phi) is 3.06. The summed E-state index contributed by atoms with van der Waals surface area (Å²) in [5.74, 6) is -0.420. The van der Waals surface area contributed by atoms with Crippen LogP contribution in [0.25, 0.3) is 0 Å². The fraction of sp³-hybridized carbons (Fsp3) is 1.00. The molecule has 0 aliphatic carbocycles. The molecule has 0 amide bonds. The molecule has 1 aliphatic heterocycles. The number of aliphatic hydroxyl groups is 3. The lowest BCUT2D eigenvalue weighted by atomic mass is 9.86. The van der Waals surface area contributed by atoms with Crippen molar-refractivity contribution in [3.05, 3.63) is 0 Å². The summed E-state index contributed by atoms with van der Waals surface area (Å²) in [6.07, 6.45) is -2.02. The molecule has 0 saturated carbocycles. The second-order valence-corrected chi connectivity index (χ2v) is 3.46. The lowest BCUT2D eigenvalue weighted by Gasteiger charge is -2.39. The lowest BCUT2D eigenvalue weighted by molar-refractivity contribution is -0.248. The molecule has 0 aromatic heterocycles. The van der Waals surface area contributed by atoms with Crippen LogP contribution in [0.4, 0.5) is 0 Å². The van der Waals surface area contributed by atoms with Crippen molar-refractivity contribution in [1.82, 2.24) is 0 Å². The summed E-state index contributed by atoms with van der Waals surface area (Å²) >= 11 is 0. The van der Waals surface area contributed by atoms with Gasteiger partial charge in [0.05, 0.1) is 18.8 Å². The molecule has 0 aromatic carbocycles. The van der Waals surface area contributed by atoms with Crippen LogP contribution in [0.15, 0.2) is 0 Å². The topological polar surface area (TPSA) is 69.9 Å². The van der Waals surface area contributed by atoms with Crippen molar-refractivity contribution in [2.45, 2.75) is 32.3 Å². The Morgan fingerprint density at radius 1 is 1.17 bits per heavy atom. The van der Waals surface area contributed by atoms with Crippen LogP contribution in [0, 0.1) is 11.8 Å². The van der Waals surface area contributed by atoms with Gasteiger partial charge in [-0.2, -0.15) is 0 Å². The van der Waals surface area contributed by atoms with Gasteiger partial charge in [-0.05, 0) is 0 Å². The molecule has 0 spiro atoms. The Bertz CT molecular complexity index is 145. The van der Waals surface area contributed by atoms with Crippen LogP contribution in [0.1, 0.15) is 13.8 Å². The molecule has 4 nitrogen and oxygen atoms in total. The lowest BCUT2D eigenvalue weighted by Crippen LogP contribution is -2.50. The zero-order valence-corrected chi connectivity index (χ0v) is 7.34. The first-order chi connectivity index (χ1) is 5.57. The van der Waals surface area contributed by atoms with E-state index in [1.165, 1.54) is 0 Å². The summed E-state index contributed by atoms with van der Waals surface area (Å²) in [5.41, 5.74) is 0. The van der Waals surface area contributed by atoms with E-state index in [0.29, 0.717) is 0 Å². The van der Waals surface area contributed by atoms with Crippen molar-refractivity contribution in [3.63, 3.8) is 0 Å². The van der Waals surface area contributed by atoms with Gasteiger partial charge in [0.2, 0.25) is 0 Å². The van der Waals surface area contributed by atoms with Crippen LogP contribution >= 0.6 is 0 Å². The summed E-state index contributed by atoms with van der Waals surface area (Å²) in [5, 5.41) is 27.7. The maximum atomic E-state index is 9.57. The molecule has 1 heterocycles. The van der Waals surface area contributed by atoms with E-state index in [0.717, 1.165) is 0 Å². The van der Waals surface area contributed by atoms with Gasteiger partial charge in [0.15, 0.2) is 6.29 Å². The monoisotopic (exact) mass is 176 g/mol. The van der Waals surface area contributed by atoms with Crippen molar-refractivity contribution in [1.29, 1.82) is 0 Å². The molecule has 72 valence electrons. The highest BCUT2D eigenvalue weighted by atomic mass is 16.6. The standard InChI is InChI=1S/C8H16O4/c1-4-6(3-9)12-8(11)5(2)7(4)10/h4-11H,3H2,1-2H3/t4-,5?,6?,7?,8+/m0/s1. The molecule has 1 saturated heterocycles. The average molecular weight is 176 g/mol. The highest BCUT2D eigenvalue weighted by molar-refractivity contribution is 4.83. The van der Waals surface area contributed by atoms with E-state index >= 15 is 0 Å². The van der Waals surface area contributed by atoms with E-state index in [9.17, 15) is 10.2 Å². The fourth-order valence-electron chi connectivity index (χ4n) is 1.50. The molecule has 0 aromatic rings. The van der Waals surface area contributed by atoms with E-state index in [-0.39, 0.29) is 18.4 Å². The fourth-order valence-corrected chi connectivity index (χ4v) is 1.50. The molecular weight excluding hydrogens is 160 g/mol. The molecular formula is C8H16O4. The Hall–Kier alpha value is -0.160. The van der Waals surface area contributed by atoms with E-state index in [1.54, 1.807) is 13.8 Å². The summed E-state index contributed by atoms with van der Waals surface area (Å²) in [4.78, 5) is 0. The van der Waals surface area contributed by atoms with Gasteiger partial charge in [-0.1, -0.05) is 13.8 Å². The number of aliphatic hydroxyl groups excluding tert-OH is 3. The first-order valence-electron chi connectivity index (χ1n) is 4.20. The third-order valence-corrected chi connectivity index (χ3v) is 2.61. The number of rotatable bonds is 1. The maximum Gasteiger partial charge on any atom is 0.160 e. The van der Waals surface area contributed by atoms with Crippen LogP contribution in [-0.4, -0.2) is 40.4 Å². The Morgan fingerprint density at radius 3 is 2.25 bits per heavy atom. The molecule has 0 bridgehead atoms. The third-order valence-electron chi connectivity index (χ3n) is 2.61. The van der Waals surface area contributed by atoms with E-state index in [4.69, 9.17) is 9.84 Å². The number of hydrogen-bond acceptors (Lipinski definition) is 4. The summed E-state index contributed by atoms with van der Waals surface area (Å²) in [6.45, 7) is 3.36. The summed E-state index contributed by atoms with van der Waals surface area (Å²) in [7, 11) is 0. The minimum Gasteiger partial charge on any atom is -0.394 e. The van der Waals surface area contributed by atoms with Crippen molar-refractivity contribution < 1.29 is 20.1 Å². The van der Waals surface area contributed by atoms with E-state index in [1.807, 2.05) is 0 Å². The van der Waals surface area contributed by atoms with Gasteiger partial charge in [0.25, 0.3) is 0 Å². The number of ether oxygens (including phenoxy) is 1. The maximum absolute atomic E-state index is 9.57. The molecule has 0 radical (unpaired) electrons. The highest BCUT2D eigenvalue weighted by Gasteiger charge is 2.39. The third kappa shape index (κ3) is 1.61. The van der Waals surface area contributed by atoms with Crippen molar-refractivity contribution in [2.24, 2.45) is 11.8 Å². The Labute approximate surface area is 71.8 Å². The normalized spacial score (nSPS) is 49.2. The number of hydrogen-bond donors (Lipinski definition) is 3. The Morgan fingerprint density at radius 2 is 1.75 bits per heavy atom. The van der Waals surface area contributed by atoms with Crippen LogP contribution in [0.3, 0.4) is 0 Å². The highest BCUT2D eigenvalue weighted by Crippen LogP contribution is 2.28. The molecule has 12 heavy (non-hydrogen) atoms. The first-order valence-corrected chi connectivity index (χ1v) is 4.20. The van der Waals surface area contributed by atoms with Crippen LogP contribution in [-0.2, 0) is 4.74 Å². The predicted molar refractivity (Wildman–Crippen MR) is 42.3 cm³/mol. The van der Waals surface area contributed by atoms with Crippen molar-refractivity contribution in [2.75, 3.05) is 6.61 Å². The van der Waals surface area contributed by atoms with Gasteiger partial charge in [0.1, 0.15) is 0 Å². The van der Waals surface area contributed by atoms with E-state index < -0.39 is 18.5 Å². The Balaban J connectivity index is 2.63. The molecule has 3 N–H and O–H groups in total. The minimum absolute atomic E-state index is 0.131. The zero-order valence-electron chi connectivity index (χ0n) is 7.34. The quantitative estimate of drug-likeness (QED) is 0.495. The molecule has 5 atom stereocenters. The molecule has 1 fully saturated rings. The van der Waals surface area contributed by atoms with Crippen molar-refractivity contribution in [3.8, 4) is 0 Å². The van der Waals surface area contributed by atoms with Crippen LogP contribution in [0.5, 0.6) is 0 Å². The molecule has 3 unspecified atom stereocenters. The predicted octanol–water partition coefficient (Wildman–Crippen LogP) is -0.671. The van der Waals surface area contributed by atoms with Gasteiger partial charge in [-0.25, -0.2) is 0 Å². The first kappa shape index (κ1) is 9.92. The molecule has 4 heteroatoms. The summed E-state index contributed by atoms with van der Waals surface area (Å²) < 4.78 is 5.08. The average Bonchev–Trinajstić information content (AvgIpc) is 2.08. The minimum atomic E-state index is -0.964. The van der Waals surface area contributed by atoms with Gasteiger partial charge in [-0.3, -0.25) is 0 Å². The summed E-state index contributed by atoms with van der Waals surface area (Å²) in [6, 6.07) is 0. The SMILES string of the molecule is CC1C(O)[C@@H](C)C(CO)O[C@H]1O. The zero-order chi connectivity index (χ0) is 9.30. The van der Waals surface area contributed by atoms with Gasteiger partial charge in [0, 0.05) is 11.8 Å². The second-order valence-electron chi connectivity index (χ2n) is 3.46. The second kappa shape index (κ2) is 3.70. The largest absolute Gasteiger partial charge is 0.394 e. The van der Waals surface area contributed by atoms with Crippen LogP contribution < -0.4 is 0 Å². The van der Waals surface area contributed by atoms with E-state index in [2.05, 4.69) is 0 Å². The molecule has 1 rings (SSSR count). The van der Waals surface area contributed by atoms with Crippen LogP contribution in [0.2, 0.25) is 0 Å².